The Morgan fingerprint density at radius 1 is 1.22 bits per heavy atom. The lowest BCUT2D eigenvalue weighted by Crippen LogP contribution is -2.72. The summed E-state index contributed by atoms with van der Waals surface area (Å²) < 4.78 is 13.2. The van der Waals surface area contributed by atoms with E-state index in [2.05, 4.69) is 37.2 Å². The second kappa shape index (κ2) is 10.6. The molecule has 9 heteroatoms. The molecule has 0 radical (unpaired) electrons. The van der Waals surface area contributed by atoms with Gasteiger partial charge in [0, 0.05) is 51.6 Å². The Bertz CT molecular complexity index is 506. The molecule has 2 aliphatic heterocycles. The lowest BCUT2D eigenvalue weighted by Gasteiger charge is -2.41. The predicted octanol–water partition coefficient (Wildman–Crippen LogP) is -1.64. The van der Waals surface area contributed by atoms with Gasteiger partial charge in [0.2, 0.25) is 0 Å². The minimum Gasteiger partial charge on any atom is -0.327 e. The van der Waals surface area contributed by atoms with E-state index in [1.807, 2.05) is 19.1 Å². The van der Waals surface area contributed by atoms with Gasteiger partial charge in [0.15, 0.2) is 0 Å². The number of rotatable bonds is 8. The number of nitrogens with one attached hydrogen (secondary N) is 7. The first-order valence-corrected chi connectivity index (χ1v) is 10.0. The van der Waals surface area contributed by atoms with Gasteiger partial charge in [0.05, 0.1) is 18.5 Å². The van der Waals surface area contributed by atoms with E-state index in [0.717, 1.165) is 38.2 Å². The molecule has 3 rings (SSSR count). The van der Waals surface area contributed by atoms with Crippen molar-refractivity contribution in [3.8, 4) is 0 Å². The molecule has 4 unspecified atom stereocenters. The summed E-state index contributed by atoms with van der Waals surface area (Å²) >= 11 is 0. The first-order chi connectivity index (χ1) is 13.1. The molecule has 0 saturated carbocycles. The van der Waals surface area contributed by atoms with Crippen LogP contribution in [0.4, 0.5) is 4.39 Å². The van der Waals surface area contributed by atoms with Crippen molar-refractivity contribution in [2.45, 2.75) is 56.8 Å². The van der Waals surface area contributed by atoms with E-state index in [4.69, 9.17) is 5.73 Å². The number of hydrogen-bond donors (Lipinski definition) is 8. The zero-order chi connectivity index (χ0) is 19.1. The molecule has 0 aromatic rings. The summed E-state index contributed by atoms with van der Waals surface area (Å²) in [6.45, 7) is 6.31. The van der Waals surface area contributed by atoms with Crippen molar-refractivity contribution in [1.29, 1.82) is 0 Å². The fraction of sp³-hybridized carbons (Fsp3) is 0.778. The molecule has 2 saturated heterocycles. The van der Waals surface area contributed by atoms with Crippen molar-refractivity contribution in [3.63, 3.8) is 0 Å². The van der Waals surface area contributed by atoms with Gasteiger partial charge < -0.3 is 16.4 Å². The van der Waals surface area contributed by atoms with Gasteiger partial charge in [0.25, 0.3) is 0 Å². The Labute approximate surface area is 161 Å². The van der Waals surface area contributed by atoms with E-state index >= 15 is 0 Å². The van der Waals surface area contributed by atoms with Crippen LogP contribution < -0.4 is 43.0 Å². The highest BCUT2D eigenvalue weighted by Crippen LogP contribution is 2.12. The number of nitrogens with two attached hydrogens (primary N) is 1. The second-order valence-corrected chi connectivity index (χ2v) is 7.64. The molecule has 154 valence electrons. The van der Waals surface area contributed by atoms with Crippen molar-refractivity contribution in [2.75, 3.05) is 32.7 Å². The third-order valence-corrected chi connectivity index (χ3v) is 4.97. The predicted molar refractivity (Wildman–Crippen MR) is 106 cm³/mol. The molecule has 9 N–H and O–H groups in total. The molecule has 8 nitrogen and oxygen atoms in total. The standard InChI is InChI=1S/C18H35FN8/c1-12(20)9-23-15-8-16(25-17-11-21-6-7-22-17)27-18(26-15)24-10-13-2-4-14(19)5-3-13/h2-4,12,14-18,21-27H,5-11,20H2,1H3/t12?,14-,15+,16?,17?,18?/m0/s1. The zero-order valence-electron chi connectivity index (χ0n) is 16.1. The van der Waals surface area contributed by atoms with Crippen LogP contribution in [-0.2, 0) is 0 Å². The highest BCUT2D eigenvalue weighted by molar-refractivity contribution is 5.25. The zero-order valence-corrected chi connectivity index (χ0v) is 16.1. The lowest BCUT2D eigenvalue weighted by molar-refractivity contribution is 0.153. The van der Waals surface area contributed by atoms with Gasteiger partial charge in [-0.3, -0.25) is 26.6 Å². The van der Waals surface area contributed by atoms with E-state index in [9.17, 15) is 4.39 Å². The van der Waals surface area contributed by atoms with E-state index in [-0.39, 0.29) is 30.8 Å². The molecule has 1 aliphatic carbocycles. The summed E-state index contributed by atoms with van der Waals surface area (Å²) in [7, 11) is 0. The molecule has 0 amide bonds. The van der Waals surface area contributed by atoms with Gasteiger partial charge in [-0.25, -0.2) is 4.39 Å². The number of piperazine rings is 1. The topological polar surface area (TPSA) is 110 Å². The van der Waals surface area contributed by atoms with Crippen molar-refractivity contribution >= 4 is 0 Å². The molecule has 0 spiro atoms. The maximum Gasteiger partial charge on any atom is 0.122 e. The van der Waals surface area contributed by atoms with Crippen LogP contribution in [0.5, 0.6) is 0 Å². The summed E-state index contributed by atoms with van der Waals surface area (Å²) in [6.07, 6.45) is 6.44. The van der Waals surface area contributed by atoms with Gasteiger partial charge in [-0.2, -0.15) is 0 Å². The smallest absolute Gasteiger partial charge is 0.122 e. The Balaban J connectivity index is 1.51. The van der Waals surface area contributed by atoms with Crippen LogP contribution in [0.1, 0.15) is 19.8 Å². The molecule has 6 atom stereocenters. The number of hydrogen-bond acceptors (Lipinski definition) is 8. The third-order valence-electron chi connectivity index (χ3n) is 4.97. The lowest BCUT2D eigenvalue weighted by atomic mass is 10.1. The van der Waals surface area contributed by atoms with Crippen LogP contribution in [0, 0.1) is 0 Å². The highest BCUT2D eigenvalue weighted by atomic mass is 19.1. The summed E-state index contributed by atoms with van der Waals surface area (Å²) in [6, 6.07) is 0.106. The Morgan fingerprint density at radius 3 is 2.78 bits per heavy atom. The maximum atomic E-state index is 13.2. The molecule has 2 fully saturated rings. The van der Waals surface area contributed by atoms with Crippen LogP contribution in [0.25, 0.3) is 0 Å². The van der Waals surface area contributed by atoms with Crippen LogP contribution in [0.15, 0.2) is 23.8 Å². The third kappa shape index (κ3) is 7.20. The van der Waals surface area contributed by atoms with E-state index in [0.29, 0.717) is 13.0 Å². The Kier molecular flexibility index (Phi) is 8.16. The number of halogens is 1. The van der Waals surface area contributed by atoms with E-state index in [1.165, 1.54) is 0 Å². The minimum absolute atomic E-state index is 0.0595. The SMILES string of the molecule is CC(N)CN[C@H]1CC(NC2CNCCN2)NC(NCC2=CC[C@@H](F)C=C2)N1. The molecular formula is C18H35FN8. The maximum absolute atomic E-state index is 13.2. The van der Waals surface area contributed by atoms with Crippen LogP contribution in [-0.4, -0.2) is 69.7 Å². The first-order valence-electron chi connectivity index (χ1n) is 10.0. The van der Waals surface area contributed by atoms with Crippen molar-refractivity contribution in [2.24, 2.45) is 5.73 Å². The van der Waals surface area contributed by atoms with Crippen LogP contribution in [0.3, 0.4) is 0 Å². The minimum atomic E-state index is -0.850. The van der Waals surface area contributed by atoms with Crippen molar-refractivity contribution in [3.05, 3.63) is 23.8 Å². The van der Waals surface area contributed by atoms with Gasteiger partial charge in [0.1, 0.15) is 12.5 Å². The largest absolute Gasteiger partial charge is 0.327 e. The normalized spacial score (nSPS) is 35.7. The van der Waals surface area contributed by atoms with Crippen LogP contribution in [0.2, 0.25) is 0 Å². The number of allylic oxidation sites excluding steroid dienone is 2. The average Bonchev–Trinajstić information content (AvgIpc) is 2.67. The van der Waals surface area contributed by atoms with Gasteiger partial charge in [-0.1, -0.05) is 18.2 Å². The average molecular weight is 383 g/mol. The van der Waals surface area contributed by atoms with Crippen LogP contribution >= 0.6 is 0 Å². The van der Waals surface area contributed by atoms with Crippen molar-refractivity contribution in [1.82, 2.24) is 37.2 Å². The molecule has 0 bridgehead atoms. The summed E-state index contributed by atoms with van der Waals surface area (Å²) in [4.78, 5) is 0. The molecular weight excluding hydrogens is 347 g/mol. The highest BCUT2D eigenvalue weighted by Gasteiger charge is 2.29. The summed E-state index contributed by atoms with van der Waals surface area (Å²) in [5.74, 6) is 0. The fourth-order valence-corrected chi connectivity index (χ4v) is 3.53. The second-order valence-electron chi connectivity index (χ2n) is 7.64. The Morgan fingerprint density at radius 2 is 2.07 bits per heavy atom. The molecule has 2 heterocycles. The van der Waals surface area contributed by atoms with Crippen molar-refractivity contribution < 1.29 is 4.39 Å². The quantitative estimate of drug-likeness (QED) is 0.253. The van der Waals surface area contributed by atoms with Gasteiger partial charge >= 0.3 is 0 Å². The van der Waals surface area contributed by atoms with E-state index < -0.39 is 6.17 Å². The molecule has 3 aliphatic rings. The monoisotopic (exact) mass is 382 g/mol. The summed E-state index contributed by atoms with van der Waals surface area (Å²) in [5, 5.41) is 24.6. The number of alkyl halides is 1. The first kappa shape index (κ1) is 20.8. The molecule has 0 aromatic heterocycles. The Hall–Kier alpha value is -0.910. The summed E-state index contributed by atoms with van der Waals surface area (Å²) in [5.41, 5.74) is 7.01. The van der Waals surface area contributed by atoms with Gasteiger partial charge in [-0.05, 0) is 12.5 Å². The van der Waals surface area contributed by atoms with Gasteiger partial charge in [-0.15, -0.1) is 0 Å². The fourth-order valence-electron chi connectivity index (χ4n) is 3.53. The van der Waals surface area contributed by atoms with E-state index in [1.54, 1.807) is 6.08 Å². The molecule has 0 aromatic carbocycles. The molecule has 27 heavy (non-hydrogen) atoms.